The summed E-state index contributed by atoms with van der Waals surface area (Å²) in [6, 6.07) is 10.0. The van der Waals surface area contributed by atoms with Crippen molar-refractivity contribution in [1.82, 2.24) is 4.98 Å². The van der Waals surface area contributed by atoms with E-state index >= 15 is 0 Å². The van der Waals surface area contributed by atoms with E-state index in [1.165, 1.54) is 0 Å². The molecule has 4 heteroatoms. The maximum Gasteiger partial charge on any atom is 0.236 e. The number of pyridine rings is 1. The minimum atomic E-state index is -0.333. The van der Waals surface area contributed by atoms with E-state index < -0.39 is 0 Å². The van der Waals surface area contributed by atoms with E-state index in [1.807, 2.05) is 36.2 Å². The van der Waals surface area contributed by atoms with Crippen molar-refractivity contribution in [1.29, 1.82) is 0 Å². The molecular weight excluding hydrogens is 238 g/mol. The molecule has 0 spiro atoms. The molecule has 0 aliphatic rings. The number of nitrogens with two attached hydrogens (primary N) is 1. The van der Waals surface area contributed by atoms with Gasteiger partial charge >= 0.3 is 0 Å². The molecule has 2 rings (SSSR count). The zero-order valence-electron chi connectivity index (χ0n) is 11.4. The summed E-state index contributed by atoms with van der Waals surface area (Å²) in [4.78, 5) is 17.6. The molecule has 1 aromatic heterocycles. The minimum Gasteiger partial charge on any atom is -0.368 e. The van der Waals surface area contributed by atoms with Crippen LogP contribution in [-0.4, -0.2) is 24.5 Å². The predicted molar refractivity (Wildman–Crippen MR) is 78.2 cm³/mol. The number of carbonyl (C=O) groups is 1. The quantitative estimate of drug-likeness (QED) is 0.892. The first kappa shape index (κ1) is 13.3. The first-order valence-electron chi connectivity index (χ1n) is 6.50. The van der Waals surface area contributed by atoms with Crippen molar-refractivity contribution in [2.45, 2.75) is 19.8 Å². The molecule has 2 N–H and O–H groups in total. The van der Waals surface area contributed by atoms with Crippen LogP contribution in [-0.2, 0) is 11.2 Å². The average Bonchev–Trinajstić information content (AvgIpc) is 2.37. The molecule has 0 saturated heterocycles. The lowest BCUT2D eigenvalue weighted by molar-refractivity contribution is -0.116. The largest absolute Gasteiger partial charge is 0.368 e. The molecule has 1 amide bonds. The van der Waals surface area contributed by atoms with Crippen LogP contribution in [0.15, 0.2) is 30.3 Å². The highest BCUT2D eigenvalue weighted by Gasteiger charge is 2.10. The second kappa shape index (κ2) is 5.69. The number of likely N-dealkylation sites (N-methyl/N-ethyl adjacent to an activating group) is 1. The number of nitrogens with zero attached hydrogens (tertiary/aromatic N) is 2. The Morgan fingerprint density at radius 2 is 2.11 bits per heavy atom. The highest BCUT2D eigenvalue weighted by Crippen LogP contribution is 2.26. The lowest BCUT2D eigenvalue weighted by Gasteiger charge is -2.20. The van der Waals surface area contributed by atoms with E-state index in [2.05, 4.69) is 18.0 Å². The highest BCUT2D eigenvalue weighted by molar-refractivity contribution is 5.93. The number of carbonyl (C=O) groups excluding carboxylic acids is 1. The van der Waals surface area contributed by atoms with Crippen LogP contribution in [0.3, 0.4) is 0 Å². The Labute approximate surface area is 113 Å². The smallest absolute Gasteiger partial charge is 0.236 e. The van der Waals surface area contributed by atoms with Crippen molar-refractivity contribution in [2.75, 3.05) is 18.5 Å². The van der Waals surface area contributed by atoms with E-state index in [0.29, 0.717) is 0 Å². The SMILES string of the molecule is CCCc1cc(N(C)CC(N)=O)c2ccccc2n1. The Morgan fingerprint density at radius 3 is 2.79 bits per heavy atom. The first-order chi connectivity index (χ1) is 9.11. The van der Waals surface area contributed by atoms with Gasteiger partial charge in [0.1, 0.15) is 0 Å². The number of hydrogen-bond acceptors (Lipinski definition) is 3. The Balaban J connectivity index is 2.52. The zero-order chi connectivity index (χ0) is 13.8. The maximum atomic E-state index is 11.1. The Kier molecular flexibility index (Phi) is 4.00. The summed E-state index contributed by atoms with van der Waals surface area (Å²) in [6.45, 7) is 2.34. The highest BCUT2D eigenvalue weighted by atomic mass is 16.1. The van der Waals surface area contributed by atoms with Crippen LogP contribution in [0.5, 0.6) is 0 Å². The minimum absolute atomic E-state index is 0.208. The standard InChI is InChI=1S/C15H19N3O/c1-3-6-11-9-14(18(2)10-15(16)19)12-7-4-5-8-13(12)17-11/h4-5,7-9H,3,6,10H2,1-2H3,(H2,16,19). The van der Waals surface area contributed by atoms with E-state index in [1.54, 1.807) is 0 Å². The van der Waals surface area contributed by atoms with Gasteiger partial charge in [0.25, 0.3) is 0 Å². The normalized spacial score (nSPS) is 10.6. The van der Waals surface area contributed by atoms with Gasteiger partial charge in [0.15, 0.2) is 0 Å². The van der Waals surface area contributed by atoms with Crippen molar-refractivity contribution < 1.29 is 4.79 Å². The molecule has 2 aromatic rings. The fraction of sp³-hybridized carbons (Fsp3) is 0.333. The van der Waals surface area contributed by atoms with Gasteiger partial charge in [0.05, 0.1) is 12.1 Å². The van der Waals surface area contributed by atoms with Crippen LogP contribution in [0.2, 0.25) is 0 Å². The van der Waals surface area contributed by atoms with Crippen molar-refractivity contribution in [3.63, 3.8) is 0 Å². The van der Waals surface area contributed by atoms with Crippen LogP contribution in [0.4, 0.5) is 5.69 Å². The first-order valence-corrected chi connectivity index (χ1v) is 6.50. The number of benzene rings is 1. The fourth-order valence-electron chi connectivity index (χ4n) is 2.23. The third-order valence-electron chi connectivity index (χ3n) is 3.06. The van der Waals surface area contributed by atoms with Gasteiger partial charge in [0, 0.05) is 23.8 Å². The number of hydrogen-bond donors (Lipinski definition) is 1. The van der Waals surface area contributed by atoms with Gasteiger partial charge in [-0.2, -0.15) is 0 Å². The van der Waals surface area contributed by atoms with Crippen LogP contribution in [0, 0.1) is 0 Å². The van der Waals surface area contributed by atoms with Crippen LogP contribution in [0.1, 0.15) is 19.0 Å². The number of aryl methyl sites for hydroxylation is 1. The van der Waals surface area contributed by atoms with Gasteiger partial charge in [0.2, 0.25) is 5.91 Å². The number of amides is 1. The number of anilines is 1. The predicted octanol–water partition coefficient (Wildman–Crippen LogP) is 2.11. The lowest BCUT2D eigenvalue weighted by Crippen LogP contribution is -2.30. The van der Waals surface area contributed by atoms with Gasteiger partial charge < -0.3 is 10.6 Å². The molecule has 0 unspecified atom stereocenters. The molecule has 0 radical (unpaired) electrons. The second-order valence-corrected chi connectivity index (χ2v) is 4.72. The molecule has 1 heterocycles. The second-order valence-electron chi connectivity index (χ2n) is 4.72. The van der Waals surface area contributed by atoms with Crippen LogP contribution < -0.4 is 10.6 Å². The summed E-state index contributed by atoms with van der Waals surface area (Å²) in [5.74, 6) is -0.333. The lowest BCUT2D eigenvalue weighted by atomic mass is 10.1. The molecule has 0 atom stereocenters. The Hall–Kier alpha value is -2.10. The number of aromatic nitrogens is 1. The zero-order valence-corrected chi connectivity index (χ0v) is 11.4. The Bertz CT molecular complexity index is 595. The summed E-state index contributed by atoms with van der Waals surface area (Å²) in [5, 5.41) is 1.05. The number of rotatable bonds is 5. The topological polar surface area (TPSA) is 59.2 Å². The van der Waals surface area contributed by atoms with E-state index in [9.17, 15) is 4.79 Å². The average molecular weight is 257 g/mol. The molecule has 0 fully saturated rings. The Morgan fingerprint density at radius 1 is 1.37 bits per heavy atom. The van der Waals surface area contributed by atoms with Crippen LogP contribution >= 0.6 is 0 Å². The third kappa shape index (κ3) is 3.02. The molecular formula is C15H19N3O. The third-order valence-corrected chi connectivity index (χ3v) is 3.06. The summed E-state index contributed by atoms with van der Waals surface area (Å²) in [7, 11) is 1.88. The van der Waals surface area contributed by atoms with Crippen molar-refractivity contribution >= 4 is 22.5 Å². The van der Waals surface area contributed by atoms with Crippen molar-refractivity contribution in [2.24, 2.45) is 5.73 Å². The maximum absolute atomic E-state index is 11.1. The number of fused-ring (bicyclic) bond motifs is 1. The summed E-state index contributed by atoms with van der Waals surface area (Å²) < 4.78 is 0. The summed E-state index contributed by atoms with van der Waals surface area (Å²) in [6.07, 6.45) is 1.98. The van der Waals surface area contributed by atoms with Crippen molar-refractivity contribution in [3.05, 3.63) is 36.0 Å². The van der Waals surface area contributed by atoms with Gasteiger partial charge in [-0.1, -0.05) is 31.5 Å². The molecule has 4 nitrogen and oxygen atoms in total. The van der Waals surface area contributed by atoms with Crippen molar-refractivity contribution in [3.8, 4) is 0 Å². The molecule has 100 valence electrons. The van der Waals surface area contributed by atoms with Gasteiger partial charge in [-0.25, -0.2) is 0 Å². The van der Waals surface area contributed by atoms with Gasteiger partial charge in [-0.05, 0) is 18.6 Å². The molecule has 0 aliphatic heterocycles. The van der Waals surface area contributed by atoms with Gasteiger partial charge in [-0.3, -0.25) is 9.78 Å². The van der Waals surface area contributed by atoms with E-state index in [4.69, 9.17) is 5.73 Å². The molecule has 0 aliphatic carbocycles. The molecule has 0 bridgehead atoms. The van der Waals surface area contributed by atoms with Gasteiger partial charge in [-0.15, -0.1) is 0 Å². The number of para-hydroxylation sites is 1. The molecule has 0 saturated carbocycles. The van der Waals surface area contributed by atoms with E-state index in [0.717, 1.165) is 35.1 Å². The monoisotopic (exact) mass is 257 g/mol. The molecule has 1 aromatic carbocycles. The fourth-order valence-corrected chi connectivity index (χ4v) is 2.23. The summed E-state index contributed by atoms with van der Waals surface area (Å²) in [5.41, 5.74) is 8.29. The summed E-state index contributed by atoms with van der Waals surface area (Å²) >= 11 is 0. The molecule has 19 heavy (non-hydrogen) atoms. The number of primary amides is 1. The van der Waals surface area contributed by atoms with Crippen LogP contribution in [0.25, 0.3) is 10.9 Å². The van der Waals surface area contributed by atoms with E-state index in [-0.39, 0.29) is 12.5 Å².